The van der Waals surface area contributed by atoms with E-state index in [0.717, 1.165) is 36.1 Å². The largest absolute Gasteiger partial charge is 0.371 e. The minimum absolute atomic E-state index is 0.163. The molecule has 1 saturated heterocycles. The molecule has 8 heteroatoms. The SMILES string of the molecule is CC(C)CNC(=O)c1cc(NS(=O)(=O)c2ccc(Br)cc2)ccc1N1CCC(C)CC1. The van der Waals surface area contributed by atoms with Crippen molar-refractivity contribution in [3.05, 3.63) is 52.5 Å². The number of amides is 1. The number of rotatable bonds is 7. The molecule has 6 nitrogen and oxygen atoms in total. The van der Waals surface area contributed by atoms with E-state index in [9.17, 15) is 13.2 Å². The molecule has 3 rings (SSSR count). The van der Waals surface area contributed by atoms with Crippen LogP contribution >= 0.6 is 15.9 Å². The van der Waals surface area contributed by atoms with E-state index in [1.807, 2.05) is 19.9 Å². The molecule has 168 valence electrons. The highest BCUT2D eigenvalue weighted by molar-refractivity contribution is 9.10. The normalized spacial score (nSPS) is 15.2. The molecule has 0 unspecified atom stereocenters. The number of hydrogen-bond donors (Lipinski definition) is 2. The Morgan fingerprint density at radius 2 is 1.77 bits per heavy atom. The van der Waals surface area contributed by atoms with Gasteiger partial charge in [-0.2, -0.15) is 0 Å². The minimum Gasteiger partial charge on any atom is -0.371 e. The summed E-state index contributed by atoms with van der Waals surface area (Å²) in [5, 5.41) is 2.97. The van der Waals surface area contributed by atoms with E-state index in [-0.39, 0.29) is 10.8 Å². The number of carbonyl (C=O) groups is 1. The Balaban J connectivity index is 1.90. The summed E-state index contributed by atoms with van der Waals surface area (Å²) < 4.78 is 29.0. The third-order valence-electron chi connectivity index (χ3n) is 5.41. The number of nitrogens with one attached hydrogen (secondary N) is 2. The second kappa shape index (κ2) is 10.0. The van der Waals surface area contributed by atoms with Crippen LogP contribution in [0.15, 0.2) is 51.8 Å². The van der Waals surface area contributed by atoms with Gasteiger partial charge >= 0.3 is 0 Å². The summed E-state index contributed by atoms with van der Waals surface area (Å²) in [5.41, 5.74) is 1.71. The van der Waals surface area contributed by atoms with E-state index in [2.05, 4.69) is 37.8 Å². The van der Waals surface area contributed by atoms with Crippen molar-refractivity contribution in [2.75, 3.05) is 29.3 Å². The molecule has 0 atom stereocenters. The molecule has 1 heterocycles. The van der Waals surface area contributed by atoms with Gasteiger partial charge in [-0.25, -0.2) is 8.42 Å². The van der Waals surface area contributed by atoms with Crippen LogP contribution in [0.5, 0.6) is 0 Å². The summed E-state index contributed by atoms with van der Waals surface area (Å²) >= 11 is 3.31. The van der Waals surface area contributed by atoms with Crippen molar-refractivity contribution < 1.29 is 13.2 Å². The van der Waals surface area contributed by atoms with Crippen LogP contribution in [0, 0.1) is 11.8 Å². The van der Waals surface area contributed by atoms with Gasteiger partial charge in [-0.3, -0.25) is 9.52 Å². The Bertz CT molecular complexity index is 1010. The molecular weight excluding hydrogens is 478 g/mol. The van der Waals surface area contributed by atoms with E-state index in [1.54, 1.807) is 24.3 Å². The zero-order chi connectivity index (χ0) is 22.6. The lowest BCUT2D eigenvalue weighted by Gasteiger charge is -2.33. The third-order valence-corrected chi connectivity index (χ3v) is 7.34. The first-order chi connectivity index (χ1) is 14.7. The zero-order valence-electron chi connectivity index (χ0n) is 18.2. The first-order valence-electron chi connectivity index (χ1n) is 10.6. The number of sulfonamides is 1. The molecule has 0 radical (unpaired) electrons. The van der Waals surface area contributed by atoms with E-state index >= 15 is 0 Å². The average molecular weight is 508 g/mol. The summed E-state index contributed by atoms with van der Waals surface area (Å²) in [4.78, 5) is 15.4. The second-order valence-electron chi connectivity index (χ2n) is 8.56. The number of piperidine rings is 1. The van der Waals surface area contributed by atoms with Crippen molar-refractivity contribution in [2.45, 2.75) is 38.5 Å². The van der Waals surface area contributed by atoms with Crippen LogP contribution in [-0.4, -0.2) is 34.0 Å². The highest BCUT2D eigenvalue weighted by Crippen LogP contribution is 2.29. The Morgan fingerprint density at radius 1 is 1.13 bits per heavy atom. The lowest BCUT2D eigenvalue weighted by Crippen LogP contribution is -2.35. The fourth-order valence-corrected chi connectivity index (χ4v) is 4.84. The van der Waals surface area contributed by atoms with Gasteiger partial charge < -0.3 is 10.2 Å². The van der Waals surface area contributed by atoms with E-state index in [4.69, 9.17) is 0 Å². The van der Waals surface area contributed by atoms with Crippen molar-refractivity contribution in [3.63, 3.8) is 0 Å². The van der Waals surface area contributed by atoms with Gasteiger partial charge in [0.05, 0.1) is 10.5 Å². The number of nitrogens with zero attached hydrogens (tertiary/aromatic N) is 1. The number of carbonyl (C=O) groups excluding carboxylic acids is 1. The first-order valence-corrected chi connectivity index (χ1v) is 12.9. The monoisotopic (exact) mass is 507 g/mol. The van der Waals surface area contributed by atoms with E-state index in [1.165, 1.54) is 12.1 Å². The molecule has 0 saturated carbocycles. The van der Waals surface area contributed by atoms with Gasteiger partial charge in [0, 0.05) is 35.5 Å². The number of halogens is 1. The Hall–Kier alpha value is -2.06. The topological polar surface area (TPSA) is 78.5 Å². The van der Waals surface area contributed by atoms with Crippen molar-refractivity contribution in [3.8, 4) is 0 Å². The van der Waals surface area contributed by atoms with Gasteiger partial charge in [0.25, 0.3) is 15.9 Å². The maximum absolute atomic E-state index is 13.0. The highest BCUT2D eigenvalue weighted by atomic mass is 79.9. The lowest BCUT2D eigenvalue weighted by molar-refractivity contribution is 0.0949. The standard InChI is InChI=1S/C23H30BrN3O3S/c1-16(2)15-25-23(28)21-14-19(6-9-22(21)27-12-10-17(3)11-13-27)26-31(29,30)20-7-4-18(24)5-8-20/h4-9,14,16-17,26H,10-13,15H2,1-3H3,(H,25,28). The van der Waals surface area contributed by atoms with Crippen LogP contribution in [0.3, 0.4) is 0 Å². The van der Waals surface area contributed by atoms with Crippen LogP contribution in [-0.2, 0) is 10.0 Å². The minimum atomic E-state index is -3.76. The molecule has 1 aliphatic rings. The molecule has 1 amide bonds. The zero-order valence-corrected chi connectivity index (χ0v) is 20.6. The maximum atomic E-state index is 13.0. The Labute approximate surface area is 193 Å². The molecule has 2 aromatic carbocycles. The molecular formula is C23H30BrN3O3S. The maximum Gasteiger partial charge on any atom is 0.261 e. The van der Waals surface area contributed by atoms with Crippen molar-refractivity contribution >= 4 is 43.2 Å². The summed E-state index contributed by atoms with van der Waals surface area (Å²) in [7, 11) is -3.76. The Kier molecular flexibility index (Phi) is 7.64. The molecule has 0 bridgehead atoms. The quantitative estimate of drug-likeness (QED) is 0.560. The molecule has 0 aliphatic carbocycles. The second-order valence-corrected chi connectivity index (χ2v) is 11.2. The summed E-state index contributed by atoms with van der Waals surface area (Å²) in [5.74, 6) is 0.806. The smallest absolute Gasteiger partial charge is 0.261 e. The van der Waals surface area contributed by atoms with Gasteiger partial charge in [-0.05, 0) is 67.1 Å². The number of anilines is 2. The van der Waals surface area contributed by atoms with Gasteiger partial charge in [-0.1, -0.05) is 36.7 Å². The predicted molar refractivity (Wildman–Crippen MR) is 129 cm³/mol. The van der Waals surface area contributed by atoms with Crippen molar-refractivity contribution in [1.29, 1.82) is 0 Å². The number of hydrogen-bond acceptors (Lipinski definition) is 4. The van der Waals surface area contributed by atoms with Crippen LogP contribution < -0.4 is 14.9 Å². The summed E-state index contributed by atoms with van der Waals surface area (Å²) in [6, 6.07) is 11.6. The summed E-state index contributed by atoms with van der Waals surface area (Å²) in [6.45, 7) is 8.65. The molecule has 1 aliphatic heterocycles. The molecule has 31 heavy (non-hydrogen) atoms. The third kappa shape index (κ3) is 6.23. The van der Waals surface area contributed by atoms with Gasteiger partial charge in [0.2, 0.25) is 0 Å². The van der Waals surface area contributed by atoms with E-state index in [0.29, 0.717) is 29.6 Å². The molecule has 0 spiro atoms. The fourth-order valence-electron chi connectivity index (χ4n) is 3.53. The van der Waals surface area contributed by atoms with Crippen LogP contribution in [0.1, 0.15) is 44.0 Å². The number of benzene rings is 2. The van der Waals surface area contributed by atoms with Crippen molar-refractivity contribution in [1.82, 2.24) is 5.32 Å². The van der Waals surface area contributed by atoms with Gasteiger partial charge in [0.15, 0.2) is 0 Å². The molecule has 2 N–H and O–H groups in total. The molecule has 0 aromatic heterocycles. The van der Waals surface area contributed by atoms with Crippen LogP contribution in [0.2, 0.25) is 0 Å². The average Bonchev–Trinajstić information content (AvgIpc) is 2.72. The van der Waals surface area contributed by atoms with Crippen molar-refractivity contribution in [2.24, 2.45) is 11.8 Å². The summed E-state index contributed by atoms with van der Waals surface area (Å²) in [6.07, 6.45) is 2.15. The predicted octanol–water partition coefficient (Wildman–Crippen LogP) is 4.87. The Morgan fingerprint density at radius 3 is 2.39 bits per heavy atom. The van der Waals surface area contributed by atoms with Crippen LogP contribution in [0.25, 0.3) is 0 Å². The van der Waals surface area contributed by atoms with E-state index < -0.39 is 10.0 Å². The molecule has 1 fully saturated rings. The lowest BCUT2D eigenvalue weighted by atomic mass is 9.98. The highest BCUT2D eigenvalue weighted by Gasteiger charge is 2.23. The van der Waals surface area contributed by atoms with Crippen LogP contribution in [0.4, 0.5) is 11.4 Å². The van der Waals surface area contributed by atoms with Gasteiger partial charge in [0.1, 0.15) is 0 Å². The molecule has 2 aromatic rings. The fraction of sp³-hybridized carbons (Fsp3) is 0.435. The van der Waals surface area contributed by atoms with Gasteiger partial charge in [-0.15, -0.1) is 0 Å². The first kappa shape index (κ1) is 23.6.